The van der Waals surface area contributed by atoms with Gasteiger partial charge in [0.25, 0.3) is 0 Å². The van der Waals surface area contributed by atoms with Gasteiger partial charge in [0.2, 0.25) is 23.7 Å². The second-order valence-electron chi connectivity index (χ2n) is 12.6. The number of fused-ring (bicyclic) bond motifs is 1. The van der Waals surface area contributed by atoms with E-state index in [1.165, 1.54) is 10.7 Å². The molecular formula is C28H32F7N5O2. The van der Waals surface area contributed by atoms with Crippen LogP contribution in [0.2, 0.25) is 0 Å². The van der Waals surface area contributed by atoms with Gasteiger partial charge in [-0.2, -0.15) is 18.3 Å². The lowest BCUT2D eigenvalue weighted by molar-refractivity contribution is -0.155. The Morgan fingerprint density at radius 3 is 2.24 bits per heavy atom. The van der Waals surface area contributed by atoms with Crippen LogP contribution in [-0.2, 0) is 9.59 Å². The number of aromatic nitrogens is 3. The van der Waals surface area contributed by atoms with Crippen molar-refractivity contribution in [3.8, 4) is 0 Å². The number of carbonyl (C=O) groups is 2. The highest BCUT2D eigenvalue weighted by Crippen LogP contribution is 2.51. The molecule has 14 heteroatoms. The summed E-state index contributed by atoms with van der Waals surface area (Å²) < 4.78 is 94.9. The largest absolute Gasteiger partial charge is 0.392 e. The predicted octanol–water partition coefficient (Wildman–Crippen LogP) is 5.91. The van der Waals surface area contributed by atoms with E-state index in [1.54, 1.807) is 12.3 Å². The van der Waals surface area contributed by atoms with Crippen LogP contribution >= 0.6 is 0 Å². The number of halogens is 7. The minimum absolute atomic E-state index is 0.0139. The first-order chi connectivity index (χ1) is 19.7. The number of carbonyl (C=O) groups excluding carboxylic acids is 2. The molecule has 0 bridgehead atoms. The third-order valence-electron chi connectivity index (χ3n) is 9.17. The Bertz CT molecular complexity index is 1340. The summed E-state index contributed by atoms with van der Waals surface area (Å²) in [5, 5.41) is 10.0. The summed E-state index contributed by atoms with van der Waals surface area (Å²) in [5.74, 6) is -10.2. The second-order valence-corrected chi connectivity index (χ2v) is 12.6. The van der Waals surface area contributed by atoms with E-state index in [4.69, 9.17) is 0 Å². The molecule has 4 saturated carbocycles. The highest BCUT2D eigenvalue weighted by Gasteiger charge is 2.59. The average molecular weight is 604 g/mol. The van der Waals surface area contributed by atoms with Crippen LogP contribution in [0.4, 0.5) is 30.7 Å². The molecule has 0 aromatic carbocycles. The fourth-order valence-corrected chi connectivity index (χ4v) is 6.49. The summed E-state index contributed by atoms with van der Waals surface area (Å²) in [6, 6.07) is 0.458. The molecule has 4 aliphatic rings. The monoisotopic (exact) mass is 603 g/mol. The number of amides is 2. The van der Waals surface area contributed by atoms with Crippen LogP contribution in [0.15, 0.2) is 18.5 Å². The van der Waals surface area contributed by atoms with Crippen molar-refractivity contribution in [2.45, 2.75) is 94.3 Å². The maximum absolute atomic E-state index is 13.9. The van der Waals surface area contributed by atoms with E-state index < -0.39 is 60.6 Å². The van der Waals surface area contributed by atoms with E-state index in [9.17, 15) is 40.3 Å². The Morgan fingerprint density at radius 2 is 1.64 bits per heavy atom. The summed E-state index contributed by atoms with van der Waals surface area (Å²) in [7, 11) is 0. The quantitative estimate of drug-likeness (QED) is 0.349. The second kappa shape index (κ2) is 10.4. The molecule has 0 radical (unpaired) electrons. The smallest absolute Gasteiger partial charge is 0.349 e. The van der Waals surface area contributed by atoms with Crippen molar-refractivity contribution in [2.24, 2.45) is 29.6 Å². The number of rotatable bonds is 9. The fraction of sp³-hybridized carbons (Fsp3) is 0.714. The number of hydrogen-bond acceptors (Lipinski definition) is 4. The van der Waals surface area contributed by atoms with Crippen LogP contribution in [0, 0.1) is 29.6 Å². The predicted molar refractivity (Wildman–Crippen MR) is 134 cm³/mol. The number of nitrogens with one attached hydrogen (secondary N) is 2. The van der Waals surface area contributed by atoms with Crippen LogP contribution in [0.1, 0.15) is 87.5 Å². The Kier molecular flexibility index (Phi) is 7.19. The van der Waals surface area contributed by atoms with E-state index >= 15 is 0 Å². The summed E-state index contributed by atoms with van der Waals surface area (Å²) >= 11 is 0. The highest BCUT2D eigenvalue weighted by atomic mass is 19.4. The molecule has 4 fully saturated rings. The van der Waals surface area contributed by atoms with Gasteiger partial charge in [-0.3, -0.25) is 9.59 Å². The van der Waals surface area contributed by atoms with E-state index in [0.717, 1.165) is 12.8 Å². The molecule has 7 nitrogen and oxygen atoms in total. The number of nitrogens with zero attached hydrogens (tertiary/aromatic N) is 3. The lowest BCUT2D eigenvalue weighted by Gasteiger charge is -2.34. The lowest BCUT2D eigenvalue weighted by atomic mass is 9.79. The summed E-state index contributed by atoms with van der Waals surface area (Å²) in [5.41, 5.74) is 1.34. The first-order valence-corrected chi connectivity index (χ1v) is 14.4. The molecule has 42 heavy (non-hydrogen) atoms. The first kappa shape index (κ1) is 29.2. The molecule has 4 atom stereocenters. The first-order valence-electron chi connectivity index (χ1n) is 14.4. The fourth-order valence-electron chi connectivity index (χ4n) is 6.49. The summed E-state index contributed by atoms with van der Waals surface area (Å²) in [6.07, 6.45) is -1.18. The zero-order valence-corrected chi connectivity index (χ0v) is 22.6. The molecule has 0 spiro atoms. The van der Waals surface area contributed by atoms with E-state index in [-0.39, 0.29) is 62.3 Å². The van der Waals surface area contributed by atoms with Gasteiger partial charge in [0.1, 0.15) is 0 Å². The average Bonchev–Trinajstić information content (AvgIpc) is 3.80. The molecule has 6 rings (SSSR count). The van der Waals surface area contributed by atoms with Gasteiger partial charge in [0.05, 0.1) is 42.0 Å². The van der Waals surface area contributed by atoms with Crippen molar-refractivity contribution >= 4 is 17.5 Å². The molecule has 2 aromatic rings. The topological polar surface area (TPSA) is 88.4 Å². The minimum atomic E-state index is -4.48. The molecule has 0 aliphatic heterocycles. The van der Waals surface area contributed by atoms with Gasteiger partial charge >= 0.3 is 6.18 Å². The number of alkyl halides is 7. The van der Waals surface area contributed by atoms with Crippen molar-refractivity contribution in [3.05, 3.63) is 29.7 Å². The Labute approximate surface area is 237 Å². The van der Waals surface area contributed by atoms with Crippen LogP contribution in [-0.4, -0.2) is 44.4 Å². The molecular weight excluding hydrogens is 571 g/mol. The Morgan fingerprint density at radius 1 is 0.976 bits per heavy atom. The zero-order chi connectivity index (χ0) is 30.0. The minimum Gasteiger partial charge on any atom is -0.349 e. The SMILES string of the molecule is O=C(CC1CC(F)(F)C1)N[C@@H](c1cnn2cc([C@@H](NC(=O)[C@@H]3C[C@H]3C(F)(F)F)C3CCC(F)(F)CC3)nc2c1)C1CC1. The number of imidazole rings is 1. The van der Waals surface area contributed by atoms with Crippen LogP contribution in [0.3, 0.4) is 0 Å². The molecule has 2 N–H and O–H groups in total. The molecule has 230 valence electrons. The van der Waals surface area contributed by atoms with Gasteiger partial charge in [-0.15, -0.1) is 0 Å². The van der Waals surface area contributed by atoms with Crippen LogP contribution in [0.25, 0.3) is 5.65 Å². The van der Waals surface area contributed by atoms with Gasteiger partial charge in [0.15, 0.2) is 5.65 Å². The van der Waals surface area contributed by atoms with Crippen molar-refractivity contribution in [1.29, 1.82) is 0 Å². The standard InChI is InChI=1S/C28H32F7N5O2/c29-26(30)5-3-16(4-6-26)24(39-25(42)18-9-19(18)28(33,34)35)20-13-40-21(37-20)8-17(12-36-40)23(15-1-2-15)38-22(41)7-14-10-27(31,32)11-14/h8,12-16,18-19,23-24H,1-7,9-11H2,(H,38,41)(H,39,42)/t18-,19-,23-,24+/m1/s1. The van der Waals surface area contributed by atoms with E-state index in [0.29, 0.717) is 16.9 Å². The number of hydrogen-bond donors (Lipinski definition) is 2. The molecule has 0 saturated heterocycles. The van der Waals surface area contributed by atoms with Gasteiger partial charge < -0.3 is 10.6 Å². The van der Waals surface area contributed by atoms with Gasteiger partial charge in [-0.05, 0) is 61.5 Å². The van der Waals surface area contributed by atoms with Crippen LogP contribution < -0.4 is 10.6 Å². The van der Waals surface area contributed by atoms with Gasteiger partial charge in [-0.25, -0.2) is 27.1 Å². The van der Waals surface area contributed by atoms with Crippen LogP contribution in [0.5, 0.6) is 0 Å². The normalized spacial score (nSPS) is 27.2. The summed E-state index contributed by atoms with van der Waals surface area (Å²) in [4.78, 5) is 30.0. The highest BCUT2D eigenvalue weighted by molar-refractivity contribution is 5.82. The maximum Gasteiger partial charge on any atom is 0.392 e. The van der Waals surface area contributed by atoms with Crippen molar-refractivity contribution in [2.75, 3.05) is 0 Å². The lowest BCUT2D eigenvalue weighted by Crippen LogP contribution is -2.39. The third-order valence-corrected chi connectivity index (χ3v) is 9.17. The molecule has 0 unspecified atom stereocenters. The van der Waals surface area contributed by atoms with E-state index in [1.807, 2.05) is 0 Å². The molecule has 2 amide bonds. The van der Waals surface area contributed by atoms with Gasteiger partial charge in [-0.1, -0.05) is 0 Å². The summed E-state index contributed by atoms with van der Waals surface area (Å²) in [6.45, 7) is 0. The van der Waals surface area contributed by atoms with Crippen molar-refractivity contribution in [1.82, 2.24) is 25.2 Å². The maximum atomic E-state index is 13.9. The third kappa shape index (κ3) is 6.36. The van der Waals surface area contributed by atoms with Gasteiger partial charge in [0, 0.05) is 32.1 Å². The van der Waals surface area contributed by atoms with Crippen molar-refractivity contribution < 1.29 is 40.3 Å². The molecule has 4 aliphatic carbocycles. The molecule has 2 aromatic heterocycles. The molecule has 2 heterocycles. The van der Waals surface area contributed by atoms with Crippen molar-refractivity contribution in [3.63, 3.8) is 0 Å². The Balaban J connectivity index is 1.20. The van der Waals surface area contributed by atoms with E-state index in [2.05, 4.69) is 20.7 Å². The zero-order valence-electron chi connectivity index (χ0n) is 22.6. The Hall–Kier alpha value is -2.93.